The van der Waals surface area contributed by atoms with Crippen LogP contribution in [-0.2, 0) is 9.59 Å². The fourth-order valence-electron chi connectivity index (χ4n) is 7.33. The van der Waals surface area contributed by atoms with Gasteiger partial charge in [-0.2, -0.15) is 0 Å². The first-order valence-corrected chi connectivity index (χ1v) is 12.6. The number of hydrogen-bond donors (Lipinski definition) is 2. The molecule has 3 aliphatic rings. The Labute approximate surface area is 188 Å². The van der Waals surface area contributed by atoms with E-state index in [1.807, 2.05) is 6.92 Å². The number of aldehydes is 1. The summed E-state index contributed by atoms with van der Waals surface area (Å²) in [6.45, 7) is 11.0. The van der Waals surface area contributed by atoms with Crippen LogP contribution in [0.2, 0.25) is 0 Å². The van der Waals surface area contributed by atoms with Gasteiger partial charge in [0, 0.05) is 17.8 Å². The molecule has 0 unspecified atom stereocenters. The summed E-state index contributed by atoms with van der Waals surface area (Å²) in [7, 11) is 0. The standard InChI is InChI=1S/C27H44O4/c1-17(2)7-6-8-18(3)21-9-10-22(26(21,4)13-14-28)20-16-24(30)23-15-19(29)11-12-27(23,5)25(20)31/h14,16-19,21-24,29-30H,6-13,15H2,1-5H3/t18-,19+,21-,22+,23-,24+,26-,27+/m1/s1. The van der Waals surface area contributed by atoms with E-state index >= 15 is 0 Å². The van der Waals surface area contributed by atoms with Gasteiger partial charge in [-0.05, 0) is 72.8 Å². The summed E-state index contributed by atoms with van der Waals surface area (Å²) in [6.07, 6.45) is 9.45. The summed E-state index contributed by atoms with van der Waals surface area (Å²) >= 11 is 0. The number of hydrogen-bond acceptors (Lipinski definition) is 4. The van der Waals surface area contributed by atoms with Gasteiger partial charge in [0.2, 0.25) is 0 Å². The quantitative estimate of drug-likeness (QED) is 0.523. The van der Waals surface area contributed by atoms with Crippen LogP contribution in [0.25, 0.3) is 0 Å². The minimum absolute atomic E-state index is 0.0297. The Morgan fingerprint density at radius 2 is 1.84 bits per heavy atom. The van der Waals surface area contributed by atoms with Crippen LogP contribution in [0.4, 0.5) is 0 Å². The Morgan fingerprint density at radius 1 is 1.13 bits per heavy atom. The van der Waals surface area contributed by atoms with Crippen molar-refractivity contribution in [2.45, 2.75) is 105 Å². The van der Waals surface area contributed by atoms with Crippen LogP contribution in [0.3, 0.4) is 0 Å². The molecule has 4 nitrogen and oxygen atoms in total. The highest BCUT2D eigenvalue weighted by atomic mass is 16.3. The Hall–Kier alpha value is -1.00. The summed E-state index contributed by atoms with van der Waals surface area (Å²) in [5, 5.41) is 21.1. The molecule has 0 aromatic heterocycles. The number of carbonyl (C=O) groups excluding carboxylic acids is 2. The molecule has 0 heterocycles. The van der Waals surface area contributed by atoms with Crippen LogP contribution in [0.15, 0.2) is 11.6 Å². The molecule has 2 saturated carbocycles. The fourth-order valence-corrected chi connectivity index (χ4v) is 7.33. The van der Waals surface area contributed by atoms with Crippen molar-refractivity contribution in [1.29, 1.82) is 0 Å². The van der Waals surface area contributed by atoms with Crippen LogP contribution < -0.4 is 0 Å². The molecule has 0 amide bonds. The van der Waals surface area contributed by atoms with E-state index in [-0.39, 0.29) is 23.0 Å². The zero-order valence-electron chi connectivity index (χ0n) is 20.3. The molecule has 4 heteroatoms. The van der Waals surface area contributed by atoms with E-state index < -0.39 is 17.6 Å². The van der Waals surface area contributed by atoms with Gasteiger partial charge in [-0.15, -0.1) is 0 Å². The van der Waals surface area contributed by atoms with Crippen molar-refractivity contribution in [2.75, 3.05) is 0 Å². The minimum Gasteiger partial charge on any atom is -0.393 e. The molecule has 0 aromatic rings. The van der Waals surface area contributed by atoms with Gasteiger partial charge < -0.3 is 15.0 Å². The lowest BCUT2D eigenvalue weighted by Crippen LogP contribution is -2.52. The number of carbonyl (C=O) groups is 2. The Kier molecular flexibility index (Phi) is 7.53. The van der Waals surface area contributed by atoms with Gasteiger partial charge in [0.1, 0.15) is 6.29 Å². The topological polar surface area (TPSA) is 74.6 Å². The molecule has 0 spiro atoms. The maximum absolute atomic E-state index is 13.8. The highest BCUT2D eigenvalue weighted by Crippen LogP contribution is 2.59. The third kappa shape index (κ3) is 4.57. The maximum Gasteiger partial charge on any atom is 0.165 e. The summed E-state index contributed by atoms with van der Waals surface area (Å²) in [5.41, 5.74) is -0.0764. The monoisotopic (exact) mass is 432 g/mol. The first-order valence-electron chi connectivity index (χ1n) is 12.6. The van der Waals surface area contributed by atoms with E-state index in [2.05, 4.69) is 27.7 Å². The molecule has 0 radical (unpaired) electrons. The summed E-state index contributed by atoms with van der Waals surface area (Å²) in [4.78, 5) is 25.5. The lowest BCUT2D eigenvalue weighted by molar-refractivity contribution is -0.138. The first-order chi connectivity index (χ1) is 14.5. The lowest BCUT2D eigenvalue weighted by Gasteiger charge is -2.49. The smallest absolute Gasteiger partial charge is 0.165 e. The third-order valence-electron chi connectivity index (χ3n) is 9.32. The van der Waals surface area contributed by atoms with Gasteiger partial charge in [0.15, 0.2) is 5.78 Å². The molecular weight excluding hydrogens is 388 g/mol. The van der Waals surface area contributed by atoms with Gasteiger partial charge >= 0.3 is 0 Å². The predicted octanol–water partition coefficient (Wildman–Crippen LogP) is 5.11. The van der Waals surface area contributed by atoms with Gasteiger partial charge in [-0.25, -0.2) is 0 Å². The van der Waals surface area contributed by atoms with Crippen molar-refractivity contribution in [3.8, 4) is 0 Å². The predicted molar refractivity (Wildman–Crippen MR) is 123 cm³/mol. The van der Waals surface area contributed by atoms with Crippen molar-refractivity contribution >= 4 is 12.1 Å². The number of rotatable bonds is 8. The van der Waals surface area contributed by atoms with E-state index in [1.165, 1.54) is 12.8 Å². The molecule has 176 valence electrons. The molecule has 3 aliphatic carbocycles. The van der Waals surface area contributed by atoms with Crippen LogP contribution in [0.1, 0.15) is 92.4 Å². The molecule has 0 aliphatic heterocycles. The van der Waals surface area contributed by atoms with Crippen LogP contribution in [-0.4, -0.2) is 34.5 Å². The highest BCUT2D eigenvalue weighted by molar-refractivity contribution is 6.01. The molecule has 0 bridgehead atoms. The van der Waals surface area contributed by atoms with E-state index in [0.717, 1.165) is 31.1 Å². The third-order valence-corrected chi connectivity index (χ3v) is 9.32. The normalized spacial score (nSPS) is 41.7. The SMILES string of the molecule is CC(C)CCC[C@@H](C)[C@H]1CC[C@@H](C2=C[C@H](O)[C@H]3C[C@@H](O)CC[C@]3(C)C2=O)[C@]1(C)CC=O. The molecule has 2 fully saturated rings. The Morgan fingerprint density at radius 3 is 2.48 bits per heavy atom. The van der Waals surface area contributed by atoms with Crippen LogP contribution >= 0.6 is 0 Å². The zero-order valence-corrected chi connectivity index (χ0v) is 20.3. The summed E-state index contributed by atoms with van der Waals surface area (Å²) in [5.74, 6) is 1.62. The van der Waals surface area contributed by atoms with Crippen molar-refractivity contribution in [1.82, 2.24) is 0 Å². The fraction of sp³-hybridized carbons (Fsp3) is 0.852. The number of aliphatic hydroxyl groups is 2. The molecule has 2 N–H and O–H groups in total. The average molecular weight is 433 g/mol. The lowest BCUT2D eigenvalue weighted by atomic mass is 9.55. The van der Waals surface area contributed by atoms with Gasteiger partial charge in [0.25, 0.3) is 0 Å². The van der Waals surface area contributed by atoms with Gasteiger partial charge in [-0.3, -0.25) is 4.79 Å². The van der Waals surface area contributed by atoms with E-state index in [4.69, 9.17) is 0 Å². The molecule has 3 rings (SSSR count). The van der Waals surface area contributed by atoms with Crippen molar-refractivity contribution in [3.63, 3.8) is 0 Å². The first kappa shape index (κ1) is 24.6. The Bertz CT molecular complexity index is 697. The number of fused-ring (bicyclic) bond motifs is 1. The summed E-state index contributed by atoms with van der Waals surface area (Å²) in [6, 6.07) is 0. The molecule has 0 aromatic carbocycles. The second kappa shape index (κ2) is 9.47. The molecule has 8 atom stereocenters. The largest absolute Gasteiger partial charge is 0.393 e. The zero-order chi connectivity index (χ0) is 23.0. The average Bonchev–Trinajstić information content (AvgIpc) is 3.03. The van der Waals surface area contributed by atoms with Gasteiger partial charge in [0.05, 0.1) is 12.2 Å². The second-order valence-electron chi connectivity index (χ2n) is 11.8. The molecule has 0 saturated heterocycles. The Balaban J connectivity index is 1.86. The number of ketones is 1. The van der Waals surface area contributed by atoms with E-state index in [1.54, 1.807) is 6.08 Å². The molecule has 31 heavy (non-hydrogen) atoms. The summed E-state index contributed by atoms with van der Waals surface area (Å²) < 4.78 is 0. The van der Waals surface area contributed by atoms with Crippen molar-refractivity contribution in [3.05, 3.63) is 11.6 Å². The van der Waals surface area contributed by atoms with Crippen LogP contribution in [0, 0.1) is 40.4 Å². The van der Waals surface area contributed by atoms with E-state index in [9.17, 15) is 19.8 Å². The van der Waals surface area contributed by atoms with Crippen molar-refractivity contribution < 1.29 is 19.8 Å². The maximum atomic E-state index is 13.8. The number of aliphatic hydroxyl groups excluding tert-OH is 2. The van der Waals surface area contributed by atoms with Crippen molar-refractivity contribution in [2.24, 2.45) is 40.4 Å². The minimum atomic E-state index is -0.698. The second-order valence-corrected chi connectivity index (χ2v) is 11.8. The van der Waals surface area contributed by atoms with Crippen LogP contribution in [0.5, 0.6) is 0 Å². The van der Waals surface area contributed by atoms with Gasteiger partial charge in [-0.1, -0.05) is 53.9 Å². The van der Waals surface area contributed by atoms with E-state index in [0.29, 0.717) is 43.4 Å². The number of allylic oxidation sites excluding steroid dienone is 1. The highest BCUT2D eigenvalue weighted by Gasteiger charge is 2.56. The number of Topliss-reactive ketones (excluding diaryl/α,β-unsaturated/α-hetero) is 1. The molecular formula is C27H44O4.